The number of fused-ring (bicyclic) bond motifs is 2. The summed E-state index contributed by atoms with van der Waals surface area (Å²) in [5.74, 6) is -2.88. The lowest BCUT2D eigenvalue weighted by atomic mass is 10.00. The minimum Gasteiger partial charge on any atom is -0.396 e. The number of carbonyl (C=O) groups excluding carboxylic acids is 1. The number of aromatic amines is 2. The fraction of sp³-hybridized carbons (Fsp3) is 0. The maximum absolute atomic E-state index is 14.3. The predicted molar refractivity (Wildman–Crippen MR) is 103 cm³/mol. The molecule has 0 atom stereocenters. The van der Waals surface area contributed by atoms with Gasteiger partial charge in [-0.2, -0.15) is 5.10 Å². The van der Waals surface area contributed by atoms with E-state index < -0.39 is 23.0 Å². The van der Waals surface area contributed by atoms with Gasteiger partial charge in [-0.05, 0) is 24.3 Å². The van der Waals surface area contributed by atoms with E-state index in [0.29, 0.717) is 22.2 Å². The lowest BCUT2D eigenvalue weighted by molar-refractivity contribution is 0.103. The van der Waals surface area contributed by atoms with E-state index in [2.05, 4.69) is 25.1 Å². The van der Waals surface area contributed by atoms with Crippen molar-refractivity contribution in [1.29, 1.82) is 0 Å². The molecule has 0 fully saturated rings. The Kier molecular flexibility index (Phi) is 3.63. The summed E-state index contributed by atoms with van der Waals surface area (Å²) in [7, 11) is 0. The van der Waals surface area contributed by atoms with Gasteiger partial charge in [0.15, 0.2) is 11.5 Å². The fourth-order valence-electron chi connectivity index (χ4n) is 3.25. The maximum atomic E-state index is 14.3. The van der Waals surface area contributed by atoms with Crippen LogP contribution in [0.3, 0.4) is 0 Å². The van der Waals surface area contributed by atoms with Crippen LogP contribution in [0.5, 0.6) is 0 Å². The van der Waals surface area contributed by atoms with Gasteiger partial charge in [-0.3, -0.25) is 9.89 Å². The molecule has 0 bridgehead atoms. The standard InChI is InChI=1S/C20H12F2N6O/c21-14-1-2-15(23)17(22)16(14)18(29)13-8-26-20-12(13)4-10(6-25-20)9-3-11-7-27-28-19(11)24-5-9/h1-8H,23H2,(H,25,26)(H,24,27,28). The van der Waals surface area contributed by atoms with Crippen LogP contribution in [0.2, 0.25) is 0 Å². The van der Waals surface area contributed by atoms with E-state index in [4.69, 9.17) is 5.73 Å². The molecule has 0 spiro atoms. The highest BCUT2D eigenvalue weighted by Crippen LogP contribution is 2.29. The molecule has 9 heteroatoms. The summed E-state index contributed by atoms with van der Waals surface area (Å²) in [5, 5.41) is 7.96. The Morgan fingerprint density at radius 1 is 1.00 bits per heavy atom. The van der Waals surface area contributed by atoms with Gasteiger partial charge in [0, 0.05) is 46.1 Å². The Morgan fingerprint density at radius 3 is 2.59 bits per heavy atom. The molecule has 0 saturated heterocycles. The van der Waals surface area contributed by atoms with Crippen molar-refractivity contribution in [1.82, 2.24) is 25.1 Å². The zero-order valence-corrected chi connectivity index (χ0v) is 14.7. The number of hydrogen-bond donors (Lipinski definition) is 3. The first-order valence-electron chi connectivity index (χ1n) is 8.57. The number of ketones is 1. The molecule has 0 radical (unpaired) electrons. The Bertz CT molecular complexity index is 1420. The lowest BCUT2D eigenvalue weighted by Gasteiger charge is -2.06. The van der Waals surface area contributed by atoms with Gasteiger partial charge in [0.2, 0.25) is 5.78 Å². The van der Waals surface area contributed by atoms with Crippen molar-refractivity contribution in [3.8, 4) is 11.1 Å². The molecule has 0 unspecified atom stereocenters. The first-order valence-corrected chi connectivity index (χ1v) is 8.57. The van der Waals surface area contributed by atoms with E-state index in [-0.39, 0.29) is 11.3 Å². The molecular formula is C20H12F2N6O. The number of pyridine rings is 2. The number of anilines is 1. The third-order valence-corrected chi connectivity index (χ3v) is 4.75. The Balaban J connectivity index is 1.65. The highest BCUT2D eigenvalue weighted by atomic mass is 19.1. The summed E-state index contributed by atoms with van der Waals surface area (Å²) in [6, 6.07) is 5.64. The summed E-state index contributed by atoms with van der Waals surface area (Å²) in [5.41, 5.74) is 7.11. The molecule has 5 rings (SSSR count). The molecule has 4 N–H and O–H groups in total. The van der Waals surface area contributed by atoms with Gasteiger partial charge in [-0.15, -0.1) is 0 Å². The quantitative estimate of drug-likeness (QED) is 0.322. The predicted octanol–water partition coefficient (Wildman–Crippen LogP) is 3.59. The Morgan fingerprint density at radius 2 is 1.76 bits per heavy atom. The van der Waals surface area contributed by atoms with Crippen LogP contribution < -0.4 is 5.73 Å². The molecular weight excluding hydrogens is 378 g/mol. The van der Waals surface area contributed by atoms with E-state index in [9.17, 15) is 13.6 Å². The monoisotopic (exact) mass is 390 g/mol. The summed E-state index contributed by atoms with van der Waals surface area (Å²) in [6.45, 7) is 0. The molecule has 4 aromatic heterocycles. The van der Waals surface area contributed by atoms with Gasteiger partial charge in [-0.1, -0.05) is 0 Å². The normalized spacial score (nSPS) is 11.4. The van der Waals surface area contributed by atoms with Gasteiger partial charge in [0.1, 0.15) is 11.5 Å². The summed E-state index contributed by atoms with van der Waals surface area (Å²) in [6.07, 6.45) is 6.30. The van der Waals surface area contributed by atoms with Crippen LogP contribution in [0.15, 0.2) is 49.1 Å². The number of nitrogen functional groups attached to an aromatic ring is 1. The summed E-state index contributed by atoms with van der Waals surface area (Å²) >= 11 is 0. The van der Waals surface area contributed by atoms with Crippen molar-refractivity contribution in [2.45, 2.75) is 0 Å². The summed E-state index contributed by atoms with van der Waals surface area (Å²) in [4.78, 5) is 24.4. The minimum atomic E-state index is -1.08. The van der Waals surface area contributed by atoms with Gasteiger partial charge < -0.3 is 10.7 Å². The number of nitrogens with two attached hydrogens (primary N) is 1. The van der Waals surface area contributed by atoms with Crippen LogP contribution in [-0.2, 0) is 0 Å². The first kappa shape index (κ1) is 17.0. The molecule has 0 aliphatic heterocycles. The molecule has 5 aromatic rings. The highest BCUT2D eigenvalue weighted by molar-refractivity contribution is 6.16. The Labute approximate surface area is 161 Å². The zero-order valence-electron chi connectivity index (χ0n) is 14.7. The number of rotatable bonds is 3. The van der Waals surface area contributed by atoms with Gasteiger partial charge in [-0.25, -0.2) is 18.7 Å². The molecule has 0 amide bonds. The average molecular weight is 390 g/mol. The van der Waals surface area contributed by atoms with Gasteiger partial charge in [0.25, 0.3) is 0 Å². The molecule has 29 heavy (non-hydrogen) atoms. The topological polar surface area (TPSA) is 113 Å². The van der Waals surface area contributed by atoms with Crippen molar-refractivity contribution in [2.75, 3.05) is 5.73 Å². The molecule has 4 heterocycles. The van der Waals surface area contributed by atoms with Gasteiger partial charge >= 0.3 is 0 Å². The van der Waals surface area contributed by atoms with Crippen molar-refractivity contribution >= 4 is 33.5 Å². The number of benzene rings is 1. The van der Waals surface area contributed by atoms with Crippen molar-refractivity contribution in [2.24, 2.45) is 0 Å². The molecule has 142 valence electrons. The highest BCUT2D eigenvalue weighted by Gasteiger charge is 2.24. The van der Waals surface area contributed by atoms with Crippen LogP contribution in [0.1, 0.15) is 15.9 Å². The number of halogens is 2. The van der Waals surface area contributed by atoms with Gasteiger partial charge in [0.05, 0.1) is 17.4 Å². The lowest BCUT2D eigenvalue weighted by Crippen LogP contribution is -2.09. The second-order valence-corrected chi connectivity index (χ2v) is 6.51. The van der Waals surface area contributed by atoms with E-state index in [1.54, 1.807) is 24.7 Å². The van der Waals surface area contributed by atoms with E-state index >= 15 is 0 Å². The third-order valence-electron chi connectivity index (χ3n) is 4.75. The number of nitrogens with zero attached hydrogens (tertiary/aromatic N) is 3. The van der Waals surface area contributed by atoms with Crippen molar-refractivity contribution < 1.29 is 13.6 Å². The smallest absolute Gasteiger partial charge is 0.201 e. The molecule has 1 aromatic carbocycles. The second kappa shape index (κ2) is 6.20. The first-order chi connectivity index (χ1) is 14.0. The number of nitrogens with one attached hydrogen (secondary N) is 2. The SMILES string of the molecule is Nc1ccc(F)c(C(=O)c2c[nH]c3ncc(-c4cnc5[nH]ncc5c4)cc23)c1F. The van der Waals surface area contributed by atoms with E-state index in [1.165, 1.54) is 6.20 Å². The number of aromatic nitrogens is 5. The molecule has 0 aliphatic carbocycles. The van der Waals surface area contributed by atoms with Crippen LogP contribution in [0, 0.1) is 11.6 Å². The van der Waals surface area contributed by atoms with Crippen LogP contribution in [0.25, 0.3) is 33.2 Å². The second-order valence-electron chi connectivity index (χ2n) is 6.51. The molecule has 7 nitrogen and oxygen atoms in total. The molecule has 0 aliphatic rings. The van der Waals surface area contributed by atoms with E-state index in [0.717, 1.165) is 23.1 Å². The van der Waals surface area contributed by atoms with Crippen LogP contribution >= 0.6 is 0 Å². The Hall–Kier alpha value is -4.14. The minimum absolute atomic E-state index is 0.0927. The number of carbonyl (C=O) groups is 1. The van der Waals surface area contributed by atoms with Crippen molar-refractivity contribution in [3.63, 3.8) is 0 Å². The maximum Gasteiger partial charge on any atom is 0.201 e. The van der Waals surface area contributed by atoms with Crippen LogP contribution in [0.4, 0.5) is 14.5 Å². The average Bonchev–Trinajstić information content (AvgIpc) is 3.36. The number of hydrogen-bond acceptors (Lipinski definition) is 5. The fourth-order valence-corrected chi connectivity index (χ4v) is 3.25. The largest absolute Gasteiger partial charge is 0.396 e. The van der Waals surface area contributed by atoms with Crippen molar-refractivity contribution in [3.05, 3.63) is 71.8 Å². The summed E-state index contributed by atoms with van der Waals surface area (Å²) < 4.78 is 28.5. The molecule has 0 saturated carbocycles. The van der Waals surface area contributed by atoms with E-state index in [1.807, 2.05) is 6.07 Å². The van der Waals surface area contributed by atoms with Crippen LogP contribution in [-0.4, -0.2) is 30.9 Å². The number of H-pyrrole nitrogens is 2. The zero-order chi connectivity index (χ0) is 20.1. The third kappa shape index (κ3) is 2.63.